The quantitative estimate of drug-likeness (QED) is 0.831. The highest BCUT2D eigenvalue weighted by Gasteiger charge is 2.35. The second-order valence-electron chi connectivity index (χ2n) is 6.22. The highest BCUT2D eigenvalue weighted by molar-refractivity contribution is 5.78. The van der Waals surface area contributed by atoms with Crippen molar-refractivity contribution in [1.29, 1.82) is 0 Å². The number of likely N-dealkylation sites (N-methyl/N-ethyl adjacent to an activating group) is 1. The van der Waals surface area contributed by atoms with Crippen molar-refractivity contribution >= 4 is 11.9 Å². The van der Waals surface area contributed by atoms with Gasteiger partial charge in [0.2, 0.25) is 5.91 Å². The molecule has 114 valence electrons. The molecule has 1 aliphatic carbocycles. The molecule has 2 rings (SSSR count). The average Bonchev–Trinajstić information content (AvgIpc) is 2.44. The number of nitrogens with zero attached hydrogens (tertiary/aromatic N) is 2. The molecule has 1 saturated heterocycles. The fourth-order valence-corrected chi connectivity index (χ4v) is 3.62. The van der Waals surface area contributed by atoms with Gasteiger partial charge in [0, 0.05) is 19.1 Å². The Morgan fingerprint density at radius 1 is 1.20 bits per heavy atom. The average molecular weight is 282 g/mol. The lowest BCUT2D eigenvalue weighted by atomic mass is 9.78. The Kier molecular flexibility index (Phi) is 5.40. The molecule has 1 heterocycles. The molecule has 2 fully saturated rings. The maximum absolute atomic E-state index is 12.4. The van der Waals surface area contributed by atoms with Crippen molar-refractivity contribution < 1.29 is 14.7 Å². The van der Waals surface area contributed by atoms with Gasteiger partial charge in [-0.25, -0.2) is 0 Å². The van der Waals surface area contributed by atoms with E-state index in [0.29, 0.717) is 25.0 Å². The van der Waals surface area contributed by atoms with Gasteiger partial charge < -0.3 is 10.0 Å². The standard InChI is InChI=1S/C15H26N2O3/c1-16(10-8-15(19)20)11-14(18)17-9-4-6-12-5-2-3-7-13(12)17/h12-13H,2-11H2,1H3,(H,19,20)/t12-,13-/m0/s1. The van der Waals surface area contributed by atoms with Gasteiger partial charge >= 0.3 is 5.97 Å². The van der Waals surface area contributed by atoms with Gasteiger partial charge in [-0.05, 0) is 38.6 Å². The third kappa shape index (κ3) is 3.95. The van der Waals surface area contributed by atoms with Gasteiger partial charge in [0.15, 0.2) is 0 Å². The summed E-state index contributed by atoms with van der Waals surface area (Å²) in [6.07, 6.45) is 7.44. The summed E-state index contributed by atoms with van der Waals surface area (Å²) in [5.41, 5.74) is 0. The number of hydrogen-bond acceptors (Lipinski definition) is 3. The molecule has 2 atom stereocenters. The monoisotopic (exact) mass is 282 g/mol. The number of piperidine rings is 1. The normalized spacial score (nSPS) is 26.4. The van der Waals surface area contributed by atoms with Gasteiger partial charge in [-0.2, -0.15) is 0 Å². The van der Waals surface area contributed by atoms with E-state index in [9.17, 15) is 9.59 Å². The summed E-state index contributed by atoms with van der Waals surface area (Å²) in [4.78, 5) is 26.9. The molecule has 5 nitrogen and oxygen atoms in total. The number of rotatable bonds is 5. The van der Waals surface area contributed by atoms with Crippen molar-refractivity contribution in [2.75, 3.05) is 26.7 Å². The van der Waals surface area contributed by atoms with E-state index in [2.05, 4.69) is 4.90 Å². The lowest BCUT2D eigenvalue weighted by Crippen LogP contribution is -2.52. The van der Waals surface area contributed by atoms with Crippen LogP contribution in [0.1, 0.15) is 44.9 Å². The molecule has 1 amide bonds. The molecule has 1 aliphatic heterocycles. The van der Waals surface area contributed by atoms with Crippen LogP contribution in [0.5, 0.6) is 0 Å². The Bertz CT molecular complexity index is 357. The van der Waals surface area contributed by atoms with E-state index in [0.717, 1.165) is 19.4 Å². The summed E-state index contributed by atoms with van der Waals surface area (Å²) in [5, 5.41) is 8.68. The molecule has 2 aliphatic rings. The summed E-state index contributed by atoms with van der Waals surface area (Å²) in [6.45, 7) is 1.66. The van der Waals surface area contributed by atoms with Gasteiger partial charge in [0.25, 0.3) is 0 Å². The number of carboxylic acid groups (broad SMARTS) is 1. The van der Waals surface area contributed by atoms with Crippen LogP contribution in [0.2, 0.25) is 0 Å². The van der Waals surface area contributed by atoms with Crippen molar-refractivity contribution in [1.82, 2.24) is 9.80 Å². The van der Waals surface area contributed by atoms with Crippen molar-refractivity contribution in [3.63, 3.8) is 0 Å². The highest BCUT2D eigenvalue weighted by Crippen LogP contribution is 2.35. The first-order valence-corrected chi connectivity index (χ1v) is 7.77. The number of carboxylic acids is 1. The molecule has 1 N–H and O–H groups in total. The molecule has 0 radical (unpaired) electrons. The first-order chi connectivity index (χ1) is 9.58. The van der Waals surface area contributed by atoms with Crippen molar-refractivity contribution in [3.05, 3.63) is 0 Å². The molecule has 0 aromatic rings. The topological polar surface area (TPSA) is 60.9 Å². The molecular weight excluding hydrogens is 256 g/mol. The van der Waals surface area contributed by atoms with Crippen LogP contribution in [0.3, 0.4) is 0 Å². The predicted octanol–water partition coefficient (Wildman–Crippen LogP) is 1.57. The minimum atomic E-state index is -0.811. The molecule has 0 unspecified atom stereocenters. The first-order valence-electron chi connectivity index (χ1n) is 7.77. The van der Waals surface area contributed by atoms with Crippen LogP contribution in [-0.2, 0) is 9.59 Å². The van der Waals surface area contributed by atoms with Gasteiger partial charge in [-0.1, -0.05) is 12.8 Å². The van der Waals surface area contributed by atoms with Gasteiger partial charge in [0.1, 0.15) is 0 Å². The number of likely N-dealkylation sites (tertiary alicyclic amines) is 1. The zero-order valence-electron chi connectivity index (χ0n) is 12.4. The van der Waals surface area contributed by atoms with E-state index in [1.165, 1.54) is 25.7 Å². The van der Waals surface area contributed by atoms with E-state index in [4.69, 9.17) is 5.11 Å². The molecule has 0 aromatic heterocycles. The highest BCUT2D eigenvalue weighted by atomic mass is 16.4. The van der Waals surface area contributed by atoms with E-state index < -0.39 is 5.97 Å². The molecule has 0 spiro atoms. The first kappa shape index (κ1) is 15.3. The van der Waals surface area contributed by atoms with Crippen molar-refractivity contribution in [3.8, 4) is 0 Å². The van der Waals surface area contributed by atoms with Crippen LogP contribution < -0.4 is 0 Å². The summed E-state index contributed by atoms with van der Waals surface area (Å²) in [5.74, 6) is 0.0647. The fraction of sp³-hybridized carbons (Fsp3) is 0.867. The lowest BCUT2D eigenvalue weighted by Gasteiger charge is -2.44. The number of carbonyl (C=O) groups excluding carboxylic acids is 1. The van der Waals surface area contributed by atoms with Gasteiger partial charge in [-0.3, -0.25) is 14.5 Å². The number of fused-ring (bicyclic) bond motifs is 1. The van der Waals surface area contributed by atoms with E-state index in [-0.39, 0.29) is 12.3 Å². The zero-order valence-corrected chi connectivity index (χ0v) is 12.4. The minimum Gasteiger partial charge on any atom is -0.481 e. The van der Waals surface area contributed by atoms with Crippen molar-refractivity contribution in [2.45, 2.75) is 51.0 Å². The summed E-state index contributed by atoms with van der Waals surface area (Å²) in [7, 11) is 1.82. The summed E-state index contributed by atoms with van der Waals surface area (Å²) < 4.78 is 0. The Morgan fingerprint density at radius 3 is 2.65 bits per heavy atom. The third-order valence-electron chi connectivity index (χ3n) is 4.68. The molecule has 0 aromatic carbocycles. The van der Waals surface area contributed by atoms with Crippen LogP contribution in [0.4, 0.5) is 0 Å². The number of hydrogen-bond donors (Lipinski definition) is 1. The number of carbonyl (C=O) groups is 2. The molecule has 5 heteroatoms. The summed E-state index contributed by atoms with van der Waals surface area (Å²) >= 11 is 0. The molecule has 0 bridgehead atoms. The van der Waals surface area contributed by atoms with E-state index in [1.807, 2.05) is 11.9 Å². The van der Waals surface area contributed by atoms with Gasteiger partial charge in [0.05, 0.1) is 13.0 Å². The largest absolute Gasteiger partial charge is 0.481 e. The molecule has 1 saturated carbocycles. The van der Waals surface area contributed by atoms with E-state index in [1.54, 1.807) is 0 Å². The third-order valence-corrected chi connectivity index (χ3v) is 4.68. The molecular formula is C15H26N2O3. The second-order valence-corrected chi connectivity index (χ2v) is 6.22. The maximum Gasteiger partial charge on any atom is 0.304 e. The number of aliphatic carboxylic acids is 1. The van der Waals surface area contributed by atoms with E-state index >= 15 is 0 Å². The Hall–Kier alpha value is -1.10. The van der Waals surface area contributed by atoms with Crippen LogP contribution in [-0.4, -0.2) is 59.5 Å². The minimum absolute atomic E-state index is 0.0931. The Balaban J connectivity index is 1.85. The van der Waals surface area contributed by atoms with Crippen molar-refractivity contribution in [2.24, 2.45) is 5.92 Å². The van der Waals surface area contributed by atoms with Crippen LogP contribution in [0, 0.1) is 5.92 Å². The second kappa shape index (κ2) is 7.07. The fourth-order valence-electron chi connectivity index (χ4n) is 3.62. The lowest BCUT2D eigenvalue weighted by molar-refractivity contribution is -0.140. The molecule has 20 heavy (non-hydrogen) atoms. The van der Waals surface area contributed by atoms with Crippen LogP contribution in [0.15, 0.2) is 0 Å². The van der Waals surface area contributed by atoms with Gasteiger partial charge in [-0.15, -0.1) is 0 Å². The van der Waals surface area contributed by atoms with Crippen LogP contribution >= 0.6 is 0 Å². The smallest absolute Gasteiger partial charge is 0.304 e. The Labute approximate surface area is 120 Å². The van der Waals surface area contributed by atoms with Crippen LogP contribution in [0.25, 0.3) is 0 Å². The predicted molar refractivity (Wildman–Crippen MR) is 76.4 cm³/mol. The Morgan fingerprint density at radius 2 is 1.90 bits per heavy atom. The maximum atomic E-state index is 12.4. The summed E-state index contributed by atoms with van der Waals surface area (Å²) in [6, 6.07) is 0.442. The zero-order chi connectivity index (χ0) is 14.5. The number of amides is 1. The SMILES string of the molecule is CN(CCC(=O)O)CC(=O)N1CCC[C@@H]2CCCC[C@@H]21.